The molecule has 4 rings (SSSR count). The molecule has 118 valence electrons. The summed E-state index contributed by atoms with van der Waals surface area (Å²) in [6, 6.07) is 5.92. The third kappa shape index (κ3) is 2.42. The molecular formula is C15H17N7O. The van der Waals surface area contributed by atoms with Crippen molar-refractivity contribution in [1.29, 1.82) is 0 Å². The predicted octanol–water partition coefficient (Wildman–Crippen LogP) is 1.02. The molecule has 0 aliphatic carbocycles. The Bertz CT molecular complexity index is 854. The van der Waals surface area contributed by atoms with E-state index < -0.39 is 0 Å². The van der Waals surface area contributed by atoms with E-state index in [1.54, 1.807) is 6.33 Å². The van der Waals surface area contributed by atoms with Crippen LogP contribution in [0, 0.1) is 0 Å². The summed E-state index contributed by atoms with van der Waals surface area (Å²) in [6.45, 7) is 2.80. The van der Waals surface area contributed by atoms with Crippen molar-refractivity contribution in [3.63, 3.8) is 0 Å². The van der Waals surface area contributed by atoms with Gasteiger partial charge in [0, 0.05) is 13.1 Å². The SMILES string of the molecule is Nc1nc(N)c(-c2ccc3[nH]cnc3c2)c(N2CCOCC2)n1. The van der Waals surface area contributed by atoms with Gasteiger partial charge >= 0.3 is 0 Å². The minimum absolute atomic E-state index is 0.175. The second kappa shape index (κ2) is 5.40. The van der Waals surface area contributed by atoms with Gasteiger partial charge in [-0.3, -0.25) is 0 Å². The van der Waals surface area contributed by atoms with Crippen LogP contribution < -0.4 is 16.4 Å². The van der Waals surface area contributed by atoms with Crippen LogP contribution in [0.3, 0.4) is 0 Å². The quantitative estimate of drug-likeness (QED) is 0.646. The lowest BCUT2D eigenvalue weighted by Gasteiger charge is -2.29. The third-order valence-corrected chi connectivity index (χ3v) is 3.96. The van der Waals surface area contributed by atoms with Crippen LogP contribution in [0.25, 0.3) is 22.2 Å². The molecule has 3 aromatic rings. The highest BCUT2D eigenvalue weighted by Crippen LogP contribution is 2.35. The number of benzene rings is 1. The Morgan fingerprint density at radius 3 is 2.78 bits per heavy atom. The summed E-state index contributed by atoms with van der Waals surface area (Å²) in [7, 11) is 0. The molecule has 0 unspecified atom stereocenters. The van der Waals surface area contributed by atoms with E-state index >= 15 is 0 Å². The first kappa shape index (κ1) is 13.8. The van der Waals surface area contributed by atoms with Crippen molar-refractivity contribution in [1.82, 2.24) is 19.9 Å². The van der Waals surface area contributed by atoms with Gasteiger partial charge in [-0.1, -0.05) is 6.07 Å². The number of aromatic amines is 1. The molecule has 0 radical (unpaired) electrons. The molecule has 5 N–H and O–H groups in total. The zero-order valence-corrected chi connectivity index (χ0v) is 12.5. The summed E-state index contributed by atoms with van der Waals surface area (Å²) in [4.78, 5) is 18.1. The lowest BCUT2D eigenvalue weighted by molar-refractivity contribution is 0.122. The molecule has 3 heterocycles. The number of fused-ring (bicyclic) bond motifs is 1. The highest BCUT2D eigenvalue weighted by atomic mass is 16.5. The Labute approximate surface area is 132 Å². The number of ether oxygens (including phenoxy) is 1. The Hall–Kier alpha value is -2.87. The van der Waals surface area contributed by atoms with Gasteiger partial charge in [0.15, 0.2) is 0 Å². The molecule has 0 amide bonds. The number of hydrogen-bond acceptors (Lipinski definition) is 7. The molecule has 8 heteroatoms. The average Bonchev–Trinajstić information content (AvgIpc) is 3.02. The maximum Gasteiger partial charge on any atom is 0.223 e. The number of H-pyrrole nitrogens is 1. The van der Waals surface area contributed by atoms with Crippen LogP contribution in [-0.2, 0) is 4.74 Å². The van der Waals surface area contributed by atoms with E-state index in [0.29, 0.717) is 19.0 Å². The number of imidazole rings is 1. The van der Waals surface area contributed by atoms with E-state index in [4.69, 9.17) is 16.2 Å². The summed E-state index contributed by atoms with van der Waals surface area (Å²) in [6.07, 6.45) is 1.67. The number of rotatable bonds is 2. The van der Waals surface area contributed by atoms with Gasteiger partial charge in [0.05, 0.1) is 36.1 Å². The largest absolute Gasteiger partial charge is 0.383 e. The van der Waals surface area contributed by atoms with Gasteiger partial charge in [-0.05, 0) is 17.7 Å². The van der Waals surface area contributed by atoms with E-state index in [9.17, 15) is 0 Å². The lowest BCUT2D eigenvalue weighted by atomic mass is 10.1. The minimum atomic E-state index is 0.175. The molecular weight excluding hydrogens is 294 g/mol. The van der Waals surface area contributed by atoms with Crippen LogP contribution in [0.2, 0.25) is 0 Å². The van der Waals surface area contributed by atoms with Gasteiger partial charge < -0.3 is 26.1 Å². The summed E-state index contributed by atoms with van der Waals surface area (Å²) in [5, 5.41) is 0. The minimum Gasteiger partial charge on any atom is -0.383 e. The van der Waals surface area contributed by atoms with Crippen molar-refractivity contribution in [3.05, 3.63) is 24.5 Å². The molecule has 0 bridgehead atoms. The molecule has 1 aliphatic rings. The van der Waals surface area contributed by atoms with E-state index in [0.717, 1.165) is 41.1 Å². The number of nitrogens with two attached hydrogens (primary N) is 2. The molecule has 1 aliphatic heterocycles. The lowest BCUT2D eigenvalue weighted by Crippen LogP contribution is -2.37. The van der Waals surface area contributed by atoms with Crippen LogP contribution in [0.5, 0.6) is 0 Å². The number of hydrogen-bond donors (Lipinski definition) is 3. The van der Waals surface area contributed by atoms with Crippen molar-refractivity contribution < 1.29 is 4.74 Å². The van der Waals surface area contributed by atoms with Gasteiger partial charge in [0.2, 0.25) is 5.95 Å². The van der Waals surface area contributed by atoms with Gasteiger partial charge in [-0.15, -0.1) is 0 Å². The van der Waals surface area contributed by atoms with Crippen molar-refractivity contribution in [2.75, 3.05) is 42.7 Å². The van der Waals surface area contributed by atoms with Gasteiger partial charge in [0.1, 0.15) is 11.6 Å². The molecule has 1 fully saturated rings. The van der Waals surface area contributed by atoms with Crippen molar-refractivity contribution in [2.24, 2.45) is 0 Å². The number of anilines is 3. The van der Waals surface area contributed by atoms with Gasteiger partial charge in [0.25, 0.3) is 0 Å². The smallest absolute Gasteiger partial charge is 0.223 e. The number of nitrogen functional groups attached to an aromatic ring is 2. The molecule has 8 nitrogen and oxygen atoms in total. The van der Waals surface area contributed by atoms with Crippen molar-refractivity contribution in [3.8, 4) is 11.1 Å². The summed E-state index contributed by atoms with van der Waals surface area (Å²) in [5.74, 6) is 1.29. The summed E-state index contributed by atoms with van der Waals surface area (Å²) < 4.78 is 5.41. The zero-order chi connectivity index (χ0) is 15.8. The predicted molar refractivity (Wildman–Crippen MR) is 89.0 cm³/mol. The highest BCUT2D eigenvalue weighted by Gasteiger charge is 2.21. The van der Waals surface area contributed by atoms with E-state index in [1.807, 2.05) is 18.2 Å². The van der Waals surface area contributed by atoms with Crippen LogP contribution >= 0.6 is 0 Å². The average molecular weight is 311 g/mol. The highest BCUT2D eigenvalue weighted by molar-refractivity contribution is 5.90. The fraction of sp³-hybridized carbons (Fsp3) is 0.267. The fourth-order valence-electron chi connectivity index (χ4n) is 2.85. The topological polar surface area (TPSA) is 119 Å². The molecule has 1 aromatic carbocycles. The Kier molecular flexibility index (Phi) is 3.23. The standard InChI is InChI=1S/C15H17N7O/c16-13-12(9-1-2-10-11(7-9)19-8-18-10)14(21-15(17)20-13)22-3-5-23-6-4-22/h1-2,7-8H,3-6H2,(H,18,19)(H4,16,17,20,21). The van der Waals surface area contributed by atoms with Gasteiger partial charge in [-0.25, -0.2) is 4.98 Å². The molecule has 2 aromatic heterocycles. The Morgan fingerprint density at radius 2 is 1.96 bits per heavy atom. The first-order chi connectivity index (χ1) is 11.2. The summed E-state index contributed by atoms with van der Waals surface area (Å²) >= 11 is 0. The maximum absolute atomic E-state index is 6.16. The molecule has 0 atom stereocenters. The molecule has 0 spiro atoms. The zero-order valence-electron chi connectivity index (χ0n) is 12.5. The molecule has 1 saturated heterocycles. The number of morpholine rings is 1. The first-order valence-electron chi connectivity index (χ1n) is 7.41. The van der Waals surface area contributed by atoms with Crippen molar-refractivity contribution in [2.45, 2.75) is 0 Å². The summed E-state index contributed by atoms with van der Waals surface area (Å²) in [5.41, 5.74) is 15.5. The maximum atomic E-state index is 6.16. The number of nitrogens with one attached hydrogen (secondary N) is 1. The first-order valence-corrected chi connectivity index (χ1v) is 7.41. The Morgan fingerprint density at radius 1 is 1.13 bits per heavy atom. The number of nitrogens with zero attached hydrogens (tertiary/aromatic N) is 4. The number of aromatic nitrogens is 4. The van der Waals surface area contributed by atoms with Crippen LogP contribution in [0.15, 0.2) is 24.5 Å². The van der Waals surface area contributed by atoms with E-state index in [-0.39, 0.29) is 5.95 Å². The molecule has 23 heavy (non-hydrogen) atoms. The second-order valence-electron chi connectivity index (χ2n) is 5.40. The monoisotopic (exact) mass is 311 g/mol. The van der Waals surface area contributed by atoms with Crippen molar-refractivity contribution >= 4 is 28.6 Å². The van der Waals surface area contributed by atoms with E-state index in [1.165, 1.54) is 0 Å². The normalized spacial score (nSPS) is 15.2. The van der Waals surface area contributed by atoms with Crippen LogP contribution in [-0.4, -0.2) is 46.2 Å². The van der Waals surface area contributed by atoms with E-state index in [2.05, 4.69) is 24.8 Å². The van der Waals surface area contributed by atoms with Gasteiger partial charge in [-0.2, -0.15) is 9.97 Å². The second-order valence-corrected chi connectivity index (χ2v) is 5.40. The fourth-order valence-corrected chi connectivity index (χ4v) is 2.85. The Balaban J connectivity index is 1.88. The van der Waals surface area contributed by atoms with Crippen LogP contribution in [0.1, 0.15) is 0 Å². The molecule has 0 saturated carbocycles. The van der Waals surface area contributed by atoms with Crippen LogP contribution in [0.4, 0.5) is 17.6 Å². The third-order valence-electron chi connectivity index (χ3n) is 3.96.